The second kappa shape index (κ2) is 14.0. The van der Waals surface area contributed by atoms with Gasteiger partial charge in [-0.15, -0.1) is 0 Å². The molecule has 0 aliphatic rings. The maximum atomic E-state index is 14.1. The Bertz CT molecular complexity index is 1420. The van der Waals surface area contributed by atoms with Gasteiger partial charge in [-0.3, -0.25) is 13.9 Å². The SMILES string of the molecule is CCNC(=O)[C@H](CC)N(Cc1cccc(OC)c1)C(=O)CN(c1cc(Cl)ccc1OC)S(=O)(=O)c1ccccc1. The quantitative estimate of drug-likeness (QED) is 0.316. The van der Waals surface area contributed by atoms with Crippen molar-refractivity contribution in [1.29, 1.82) is 0 Å². The van der Waals surface area contributed by atoms with Gasteiger partial charge in [-0.25, -0.2) is 8.42 Å². The lowest BCUT2D eigenvalue weighted by Gasteiger charge is -2.33. The van der Waals surface area contributed by atoms with E-state index in [0.717, 1.165) is 4.31 Å². The molecule has 11 heteroatoms. The van der Waals surface area contributed by atoms with E-state index in [9.17, 15) is 18.0 Å². The number of rotatable bonds is 13. The average molecular weight is 588 g/mol. The first-order chi connectivity index (χ1) is 19.2. The van der Waals surface area contributed by atoms with Crippen molar-refractivity contribution >= 4 is 39.1 Å². The number of carbonyl (C=O) groups is 2. The molecule has 214 valence electrons. The van der Waals surface area contributed by atoms with Crippen LogP contribution < -0.4 is 19.1 Å². The third-order valence-electron chi connectivity index (χ3n) is 6.24. The van der Waals surface area contributed by atoms with Crippen LogP contribution in [0.3, 0.4) is 0 Å². The van der Waals surface area contributed by atoms with E-state index in [-0.39, 0.29) is 33.8 Å². The molecular weight excluding hydrogens is 554 g/mol. The number of amides is 2. The number of likely N-dealkylation sites (N-methyl/N-ethyl adjacent to an activating group) is 1. The number of benzene rings is 3. The largest absolute Gasteiger partial charge is 0.497 e. The molecule has 0 unspecified atom stereocenters. The first kappa shape index (κ1) is 30.8. The normalized spacial score (nSPS) is 11.8. The Morgan fingerprint density at radius 1 is 0.950 bits per heavy atom. The summed E-state index contributed by atoms with van der Waals surface area (Å²) in [5, 5.41) is 3.04. The molecule has 0 saturated heterocycles. The number of hydrogen-bond acceptors (Lipinski definition) is 6. The summed E-state index contributed by atoms with van der Waals surface area (Å²) in [7, 11) is -1.31. The zero-order valence-electron chi connectivity index (χ0n) is 23.0. The van der Waals surface area contributed by atoms with Crippen molar-refractivity contribution in [1.82, 2.24) is 10.2 Å². The first-order valence-corrected chi connectivity index (χ1v) is 14.6. The summed E-state index contributed by atoms with van der Waals surface area (Å²) in [5.41, 5.74) is 0.813. The molecule has 0 aromatic heterocycles. The monoisotopic (exact) mass is 587 g/mol. The molecule has 0 aliphatic carbocycles. The zero-order chi connectivity index (χ0) is 29.3. The molecule has 0 saturated carbocycles. The van der Waals surface area contributed by atoms with Gasteiger partial charge in [0.2, 0.25) is 11.8 Å². The van der Waals surface area contributed by atoms with Crippen molar-refractivity contribution in [3.8, 4) is 11.5 Å². The van der Waals surface area contributed by atoms with E-state index in [1.807, 2.05) is 6.07 Å². The van der Waals surface area contributed by atoms with Crippen LogP contribution in [0.4, 0.5) is 5.69 Å². The molecule has 0 aliphatic heterocycles. The minimum absolute atomic E-state index is 0.0139. The maximum absolute atomic E-state index is 14.1. The highest BCUT2D eigenvalue weighted by Crippen LogP contribution is 2.35. The molecule has 9 nitrogen and oxygen atoms in total. The van der Waals surface area contributed by atoms with Crippen LogP contribution in [0.25, 0.3) is 0 Å². The lowest BCUT2D eigenvalue weighted by atomic mass is 10.1. The van der Waals surface area contributed by atoms with Crippen LogP contribution in [0.2, 0.25) is 5.02 Å². The fraction of sp³-hybridized carbons (Fsp3) is 0.310. The molecule has 0 fully saturated rings. The van der Waals surface area contributed by atoms with Gasteiger partial charge in [-0.2, -0.15) is 0 Å². The van der Waals surface area contributed by atoms with Crippen molar-refractivity contribution in [2.24, 2.45) is 0 Å². The lowest BCUT2D eigenvalue weighted by molar-refractivity contribution is -0.140. The van der Waals surface area contributed by atoms with Gasteiger partial charge in [0.05, 0.1) is 24.8 Å². The van der Waals surface area contributed by atoms with Gasteiger partial charge in [-0.1, -0.05) is 48.9 Å². The molecule has 0 bridgehead atoms. The van der Waals surface area contributed by atoms with Gasteiger partial charge in [0.25, 0.3) is 10.0 Å². The fourth-order valence-electron chi connectivity index (χ4n) is 4.27. The van der Waals surface area contributed by atoms with Crippen LogP contribution in [-0.2, 0) is 26.2 Å². The number of nitrogens with zero attached hydrogens (tertiary/aromatic N) is 2. The van der Waals surface area contributed by atoms with E-state index in [4.69, 9.17) is 21.1 Å². The van der Waals surface area contributed by atoms with E-state index in [1.165, 1.54) is 43.4 Å². The lowest BCUT2D eigenvalue weighted by Crippen LogP contribution is -2.52. The van der Waals surface area contributed by atoms with Crippen LogP contribution in [0, 0.1) is 0 Å². The topological polar surface area (TPSA) is 105 Å². The molecule has 3 rings (SSSR count). The van der Waals surface area contributed by atoms with Crippen molar-refractivity contribution < 1.29 is 27.5 Å². The van der Waals surface area contributed by atoms with Crippen molar-refractivity contribution in [2.45, 2.75) is 37.8 Å². The van der Waals surface area contributed by atoms with Crippen LogP contribution >= 0.6 is 11.6 Å². The Balaban J connectivity index is 2.12. The van der Waals surface area contributed by atoms with E-state index in [1.54, 1.807) is 56.3 Å². The molecule has 0 radical (unpaired) electrons. The summed E-state index contributed by atoms with van der Waals surface area (Å²) in [6.45, 7) is 3.42. The minimum Gasteiger partial charge on any atom is -0.497 e. The van der Waals surface area contributed by atoms with Gasteiger partial charge >= 0.3 is 0 Å². The zero-order valence-corrected chi connectivity index (χ0v) is 24.5. The van der Waals surface area contributed by atoms with E-state index in [2.05, 4.69) is 5.32 Å². The molecule has 0 heterocycles. The molecule has 40 heavy (non-hydrogen) atoms. The Morgan fingerprint density at radius 3 is 2.30 bits per heavy atom. The molecule has 0 spiro atoms. The molecule has 1 atom stereocenters. The second-order valence-electron chi connectivity index (χ2n) is 8.83. The summed E-state index contributed by atoms with van der Waals surface area (Å²) in [6.07, 6.45) is 0.313. The number of halogens is 1. The number of nitrogens with one attached hydrogen (secondary N) is 1. The highest BCUT2D eigenvalue weighted by Gasteiger charge is 2.34. The van der Waals surface area contributed by atoms with Gasteiger partial charge < -0.3 is 19.7 Å². The Morgan fingerprint density at radius 2 is 1.68 bits per heavy atom. The second-order valence-corrected chi connectivity index (χ2v) is 11.1. The summed E-state index contributed by atoms with van der Waals surface area (Å²) in [4.78, 5) is 28.5. The maximum Gasteiger partial charge on any atom is 0.264 e. The summed E-state index contributed by atoms with van der Waals surface area (Å²) < 4.78 is 39.6. The first-order valence-electron chi connectivity index (χ1n) is 12.8. The van der Waals surface area contributed by atoms with E-state index < -0.39 is 28.5 Å². The highest BCUT2D eigenvalue weighted by molar-refractivity contribution is 7.92. The fourth-order valence-corrected chi connectivity index (χ4v) is 5.87. The van der Waals surface area contributed by atoms with Gasteiger partial charge in [0, 0.05) is 18.1 Å². The molecule has 1 N–H and O–H groups in total. The highest BCUT2D eigenvalue weighted by atomic mass is 35.5. The summed E-state index contributed by atoms with van der Waals surface area (Å²) in [5.74, 6) is -0.110. The smallest absolute Gasteiger partial charge is 0.264 e. The predicted octanol–water partition coefficient (Wildman–Crippen LogP) is 4.50. The third kappa shape index (κ3) is 7.25. The van der Waals surface area contributed by atoms with Crippen LogP contribution in [0.15, 0.2) is 77.7 Å². The number of carbonyl (C=O) groups excluding carboxylic acids is 2. The van der Waals surface area contributed by atoms with Crippen LogP contribution in [0.5, 0.6) is 11.5 Å². The van der Waals surface area contributed by atoms with Crippen LogP contribution in [0.1, 0.15) is 25.8 Å². The molecule has 2 amide bonds. The predicted molar refractivity (Wildman–Crippen MR) is 155 cm³/mol. The number of ether oxygens (including phenoxy) is 2. The number of hydrogen-bond donors (Lipinski definition) is 1. The van der Waals surface area contributed by atoms with Crippen molar-refractivity contribution in [3.63, 3.8) is 0 Å². The third-order valence-corrected chi connectivity index (χ3v) is 8.25. The Kier molecular flexibility index (Phi) is 10.8. The number of sulfonamides is 1. The van der Waals surface area contributed by atoms with Gasteiger partial charge in [0.15, 0.2) is 0 Å². The number of anilines is 1. The molecule has 3 aromatic carbocycles. The van der Waals surface area contributed by atoms with Crippen LogP contribution in [-0.4, -0.2) is 58.5 Å². The van der Waals surface area contributed by atoms with Gasteiger partial charge in [0.1, 0.15) is 24.1 Å². The summed E-state index contributed by atoms with van der Waals surface area (Å²) >= 11 is 6.26. The minimum atomic E-state index is -4.25. The average Bonchev–Trinajstić information content (AvgIpc) is 2.96. The van der Waals surface area contributed by atoms with Crippen molar-refractivity contribution in [2.75, 3.05) is 31.6 Å². The molecule has 3 aromatic rings. The standard InChI is InChI=1S/C29H34ClN3O6S/c1-5-25(29(35)31-6-2)32(19-21-11-10-12-23(17-21)38-3)28(34)20-33(26-18-22(30)15-16-27(26)39-4)40(36,37)24-13-8-7-9-14-24/h7-18,25H,5-6,19-20H2,1-4H3,(H,31,35)/t25-/m0/s1. The Hall–Kier alpha value is -3.76. The van der Waals surface area contributed by atoms with E-state index >= 15 is 0 Å². The Labute approximate surface area is 240 Å². The molecular formula is C29H34ClN3O6S. The van der Waals surface area contributed by atoms with Crippen molar-refractivity contribution in [3.05, 3.63) is 83.4 Å². The van der Waals surface area contributed by atoms with E-state index in [0.29, 0.717) is 24.3 Å². The summed E-state index contributed by atoms with van der Waals surface area (Å²) in [6, 6.07) is 18.6. The van der Waals surface area contributed by atoms with Gasteiger partial charge in [-0.05, 0) is 61.4 Å². The number of methoxy groups -OCH3 is 2.